The van der Waals surface area contributed by atoms with E-state index in [1.54, 1.807) is 26.0 Å². The molecular weight excluding hydrogens is 394 g/mol. The number of carboxylic acid groups (broad SMARTS) is 2. The monoisotopic (exact) mass is 423 g/mol. The standard InChI is InChI=1S/C20H29N3O7/c1-11(2)9-16(20(29)30)23-19(28)15(7-8-17(25)26)22-18(27)14(21)10-12-3-5-13(24)6-4-12/h3-6,11,14-16,24H,7-10,21H2,1-2H3,(H,22,27)(H,23,28)(H,25,26)(H,29,30)/t14-,15-,16-/m0/s1. The number of nitrogens with two attached hydrogens (primary N) is 1. The molecule has 0 aliphatic rings. The highest BCUT2D eigenvalue weighted by Gasteiger charge is 2.28. The maximum absolute atomic E-state index is 12.6. The molecule has 2 amide bonds. The van der Waals surface area contributed by atoms with Gasteiger partial charge < -0.3 is 31.7 Å². The van der Waals surface area contributed by atoms with E-state index < -0.39 is 48.3 Å². The molecule has 0 fully saturated rings. The van der Waals surface area contributed by atoms with Gasteiger partial charge in [-0.3, -0.25) is 14.4 Å². The minimum Gasteiger partial charge on any atom is -0.508 e. The summed E-state index contributed by atoms with van der Waals surface area (Å²) in [7, 11) is 0. The second-order valence-corrected chi connectivity index (χ2v) is 7.50. The van der Waals surface area contributed by atoms with Crippen LogP contribution < -0.4 is 16.4 Å². The number of hydrogen-bond acceptors (Lipinski definition) is 6. The largest absolute Gasteiger partial charge is 0.508 e. The first-order valence-corrected chi connectivity index (χ1v) is 9.58. The molecule has 7 N–H and O–H groups in total. The van der Waals surface area contributed by atoms with Crippen LogP contribution in [0.4, 0.5) is 0 Å². The molecule has 0 unspecified atom stereocenters. The molecule has 0 saturated carbocycles. The van der Waals surface area contributed by atoms with Gasteiger partial charge in [0.2, 0.25) is 11.8 Å². The van der Waals surface area contributed by atoms with Gasteiger partial charge in [0.25, 0.3) is 0 Å². The number of carbonyl (C=O) groups is 4. The summed E-state index contributed by atoms with van der Waals surface area (Å²) in [4.78, 5) is 47.3. The molecule has 0 aliphatic heterocycles. The second-order valence-electron chi connectivity index (χ2n) is 7.50. The van der Waals surface area contributed by atoms with Crippen molar-refractivity contribution in [1.29, 1.82) is 0 Å². The van der Waals surface area contributed by atoms with Gasteiger partial charge in [-0.2, -0.15) is 0 Å². The topological polar surface area (TPSA) is 179 Å². The van der Waals surface area contributed by atoms with Crippen molar-refractivity contribution in [2.45, 2.75) is 57.7 Å². The Balaban J connectivity index is 2.83. The maximum atomic E-state index is 12.6. The number of carbonyl (C=O) groups excluding carboxylic acids is 2. The molecule has 10 heteroatoms. The highest BCUT2D eigenvalue weighted by Crippen LogP contribution is 2.11. The molecule has 0 aliphatic carbocycles. The number of carboxylic acids is 2. The molecule has 0 heterocycles. The number of amides is 2. The van der Waals surface area contributed by atoms with Crippen molar-refractivity contribution >= 4 is 23.8 Å². The summed E-state index contributed by atoms with van der Waals surface area (Å²) in [6.45, 7) is 3.60. The summed E-state index contributed by atoms with van der Waals surface area (Å²) in [5, 5.41) is 32.3. The van der Waals surface area contributed by atoms with Crippen LogP contribution in [-0.4, -0.2) is 57.2 Å². The molecule has 1 aromatic rings. The van der Waals surface area contributed by atoms with Crippen LogP contribution in [-0.2, 0) is 25.6 Å². The predicted molar refractivity (Wildman–Crippen MR) is 108 cm³/mol. The summed E-state index contributed by atoms with van der Waals surface area (Å²) < 4.78 is 0. The van der Waals surface area contributed by atoms with E-state index in [0.29, 0.717) is 5.56 Å². The summed E-state index contributed by atoms with van der Waals surface area (Å²) in [6, 6.07) is 2.66. The SMILES string of the molecule is CC(C)C[C@H](NC(=O)[C@H](CCC(=O)O)NC(=O)[C@@H](N)Cc1ccc(O)cc1)C(=O)O. The van der Waals surface area contributed by atoms with Gasteiger partial charge in [0, 0.05) is 6.42 Å². The van der Waals surface area contributed by atoms with Crippen LogP contribution in [0.3, 0.4) is 0 Å². The lowest BCUT2D eigenvalue weighted by Gasteiger charge is -2.23. The van der Waals surface area contributed by atoms with E-state index in [9.17, 15) is 29.4 Å². The van der Waals surface area contributed by atoms with E-state index >= 15 is 0 Å². The van der Waals surface area contributed by atoms with E-state index in [1.807, 2.05) is 0 Å². The number of nitrogens with one attached hydrogen (secondary N) is 2. The molecule has 0 spiro atoms. The lowest BCUT2D eigenvalue weighted by Crippen LogP contribution is -2.55. The zero-order valence-corrected chi connectivity index (χ0v) is 17.0. The highest BCUT2D eigenvalue weighted by atomic mass is 16.4. The molecule has 1 rings (SSSR count). The molecule has 0 bridgehead atoms. The molecule has 30 heavy (non-hydrogen) atoms. The van der Waals surface area contributed by atoms with Crippen molar-refractivity contribution in [3.05, 3.63) is 29.8 Å². The van der Waals surface area contributed by atoms with Gasteiger partial charge in [-0.25, -0.2) is 4.79 Å². The smallest absolute Gasteiger partial charge is 0.326 e. The van der Waals surface area contributed by atoms with Crippen molar-refractivity contribution in [2.75, 3.05) is 0 Å². The fourth-order valence-corrected chi connectivity index (χ4v) is 2.76. The fourth-order valence-electron chi connectivity index (χ4n) is 2.76. The second kappa shape index (κ2) is 11.8. The van der Waals surface area contributed by atoms with Gasteiger partial charge in [-0.05, 0) is 42.9 Å². The number of phenols is 1. The lowest BCUT2D eigenvalue weighted by molar-refractivity contribution is -0.143. The predicted octanol–water partition coefficient (Wildman–Crippen LogP) is 0.227. The molecule has 0 saturated heterocycles. The van der Waals surface area contributed by atoms with Crippen molar-refractivity contribution in [3.63, 3.8) is 0 Å². The number of aromatic hydroxyl groups is 1. The van der Waals surface area contributed by atoms with E-state index in [2.05, 4.69) is 10.6 Å². The van der Waals surface area contributed by atoms with E-state index in [1.165, 1.54) is 12.1 Å². The number of hydrogen-bond donors (Lipinski definition) is 6. The van der Waals surface area contributed by atoms with Gasteiger partial charge >= 0.3 is 11.9 Å². The first kappa shape index (κ1) is 24.9. The van der Waals surface area contributed by atoms with Gasteiger partial charge in [0.05, 0.1) is 6.04 Å². The molecular formula is C20H29N3O7. The average Bonchev–Trinajstić information content (AvgIpc) is 2.65. The molecule has 10 nitrogen and oxygen atoms in total. The normalized spacial score (nSPS) is 13.9. The quantitative estimate of drug-likeness (QED) is 0.276. The Hall–Kier alpha value is -3.14. The van der Waals surface area contributed by atoms with Crippen LogP contribution in [0, 0.1) is 5.92 Å². The average molecular weight is 423 g/mol. The molecule has 1 aromatic carbocycles. The Kier molecular flexibility index (Phi) is 9.76. The van der Waals surface area contributed by atoms with Crippen molar-refractivity contribution in [2.24, 2.45) is 11.7 Å². The van der Waals surface area contributed by atoms with Crippen molar-refractivity contribution < 1.29 is 34.5 Å². The minimum absolute atomic E-state index is 0.00260. The third-order valence-electron chi connectivity index (χ3n) is 4.33. The number of benzene rings is 1. The Morgan fingerprint density at radius 2 is 1.53 bits per heavy atom. The number of phenolic OH excluding ortho intramolecular Hbond substituents is 1. The van der Waals surface area contributed by atoms with Gasteiger partial charge in [-0.1, -0.05) is 26.0 Å². The zero-order valence-electron chi connectivity index (χ0n) is 17.0. The number of rotatable bonds is 12. The van der Waals surface area contributed by atoms with Crippen LogP contribution in [0.2, 0.25) is 0 Å². The Bertz CT molecular complexity index is 749. The molecule has 0 radical (unpaired) electrons. The lowest BCUT2D eigenvalue weighted by atomic mass is 10.0. The molecule has 0 aromatic heterocycles. The van der Waals surface area contributed by atoms with Crippen LogP contribution in [0.5, 0.6) is 5.75 Å². The van der Waals surface area contributed by atoms with E-state index in [0.717, 1.165) is 0 Å². The Morgan fingerprint density at radius 1 is 0.967 bits per heavy atom. The van der Waals surface area contributed by atoms with Crippen molar-refractivity contribution in [1.82, 2.24) is 10.6 Å². The fraction of sp³-hybridized carbons (Fsp3) is 0.500. The molecule has 166 valence electrons. The van der Waals surface area contributed by atoms with Crippen LogP contribution >= 0.6 is 0 Å². The maximum Gasteiger partial charge on any atom is 0.326 e. The van der Waals surface area contributed by atoms with Gasteiger partial charge in [-0.15, -0.1) is 0 Å². The molecule has 3 atom stereocenters. The van der Waals surface area contributed by atoms with E-state index in [-0.39, 0.29) is 30.9 Å². The summed E-state index contributed by atoms with van der Waals surface area (Å²) in [5.41, 5.74) is 6.58. The summed E-state index contributed by atoms with van der Waals surface area (Å²) >= 11 is 0. The van der Waals surface area contributed by atoms with Crippen LogP contribution in [0.1, 0.15) is 38.7 Å². The van der Waals surface area contributed by atoms with Crippen LogP contribution in [0.15, 0.2) is 24.3 Å². The van der Waals surface area contributed by atoms with Gasteiger partial charge in [0.15, 0.2) is 0 Å². The number of aliphatic carboxylic acids is 2. The van der Waals surface area contributed by atoms with Crippen LogP contribution in [0.25, 0.3) is 0 Å². The first-order chi connectivity index (χ1) is 14.0. The third kappa shape index (κ3) is 8.91. The first-order valence-electron chi connectivity index (χ1n) is 9.58. The Labute approximate surface area is 174 Å². The van der Waals surface area contributed by atoms with Crippen molar-refractivity contribution in [3.8, 4) is 5.75 Å². The van der Waals surface area contributed by atoms with E-state index in [4.69, 9.17) is 10.8 Å². The van der Waals surface area contributed by atoms with Gasteiger partial charge in [0.1, 0.15) is 17.8 Å². The highest BCUT2D eigenvalue weighted by molar-refractivity contribution is 5.92. The summed E-state index contributed by atoms with van der Waals surface area (Å²) in [5.74, 6) is -3.77. The zero-order chi connectivity index (χ0) is 22.8. The third-order valence-corrected chi connectivity index (χ3v) is 4.33. The Morgan fingerprint density at radius 3 is 2.03 bits per heavy atom. The minimum atomic E-state index is -1.24. The summed E-state index contributed by atoms with van der Waals surface area (Å²) in [6.07, 6.45) is -0.300.